The third kappa shape index (κ3) is 6.32. The lowest BCUT2D eigenvalue weighted by molar-refractivity contribution is -0.0300. The van der Waals surface area contributed by atoms with Crippen LogP contribution in [0.2, 0.25) is 0 Å². The third-order valence-electron chi connectivity index (χ3n) is 10.9. The molecule has 0 heterocycles. The summed E-state index contributed by atoms with van der Waals surface area (Å²) >= 11 is 0. The largest absolute Gasteiger partial charge is 0.247 e. The van der Waals surface area contributed by atoms with Gasteiger partial charge in [0, 0.05) is 0 Å². The topological polar surface area (TPSA) is 0 Å². The van der Waals surface area contributed by atoms with Crippen molar-refractivity contribution in [2.45, 2.75) is 142 Å². The lowest BCUT2D eigenvalue weighted by atomic mass is 9.65. The summed E-state index contributed by atoms with van der Waals surface area (Å²) in [4.78, 5) is 0. The van der Waals surface area contributed by atoms with Gasteiger partial charge in [0.05, 0.1) is 0 Å². The molecule has 0 bridgehead atoms. The molecule has 33 heavy (non-hydrogen) atoms. The zero-order valence-corrected chi connectivity index (χ0v) is 21.5. The van der Waals surface area contributed by atoms with Crippen LogP contribution in [0.3, 0.4) is 0 Å². The number of rotatable bonds is 7. The van der Waals surface area contributed by atoms with Crippen LogP contribution in [0.1, 0.15) is 123 Å². The predicted octanol–water partition coefficient (Wildman–Crippen LogP) is 9.66. The maximum Gasteiger partial charge on any atom is 0.134 e. The number of hydrogen-bond donors (Lipinski definition) is 0. The van der Waals surface area contributed by atoms with Gasteiger partial charge in [-0.05, 0) is 92.3 Å². The highest BCUT2D eigenvalue weighted by molar-refractivity contribution is 4.94. The van der Waals surface area contributed by atoms with Gasteiger partial charge in [0.1, 0.15) is 18.5 Å². The summed E-state index contributed by atoms with van der Waals surface area (Å²) in [5.74, 6) is 2.83. The second-order valence-electron chi connectivity index (χ2n) is 12.8. The molecule has 0 aromatic rings. The van der Waals surface area contributed by atoms with Crippen LogP contribution in [0.5, 0.6) is 0 Å². The van der Waals surface area contributed by atoms with Gasteiger partial charge >= 0.3 is 0 Å². The van der Waals surface area contributed by atoms with Gasteiger partial charge in [0.15, 0.2) is 0 Å². The molecule has 7 unspecified atom stereocenters. The van der Waals surface area contributed by atoms with Gasteiger partial charge in [-0.3, -0.25) is 0 Å². The van der Waals surface area contributed by atoms with Crippen LogP contribution < -0.4 is 0 Å². The summed E-state index contributed by atoms with van der Waals surface area (Å²) < 4.78 is 45.2. The van der Waals surface area contributed by atoms with Crippen molar-refractivity contribution in [2.24, 2.45) is 47.3 Å². The summed E-state index contributed by atoms with van der Waals surface area (Å²) in [5, 5.41) is 0. The van der Waals surface area contributed by atoms with E-state index >= 15 is 8.78 Å². The van der Waals surface area contributed by atoms with Crippen LogP contribution >= 0.6 is 0 Å². The fourth-order valence-corrected chi connectivity index (χ4v) is 8.67. The Kier molecular flexibility index (Phi) is 9.53. The van der Waals surface area contributed by atoms with E-state index in [1.165, 1.54) is 51.4 Å². The van der Waals surface area contributed by atoms with Crippen LogP contribution in [-0.2, 0) is 0 Å². The van der Waals surface area contributed by atoms with E-state index < -0.39 is 18.5 Å². The van der Waals surface area contributed by atoms with Crippen molar-refractivity contribution in [3.63, 3.8) is 0 Å². The summed E-state index contributed by atoms with van der Waals surface area (Å²) in [6.07, 6.45) is 15.7. The first-order valence-corrected chi connectivity index (χ1v) is 14.9. The summed E-state index contributed by atoms with van der Waals surface area (Å²) in [5.41, 5.74) is 0. The Labute approximate surface area is 202 Å². The quantitative estimate of drug-likeness (QED) is 0.349. The molecule has 0 spiro atoms. The van der Waals surface area contributed by atoms with Gasteiger partial charge in [-0.15, -0.1) is 0 Å². The molecule has 4 saturated carbocycles. The van der Waals surface area contributed by atoms with E-state index in [1.807, 2.05) is 0 Å². The molecule has 4 aliphatic carbocycles. The number of alkyl halides is 3. The van der Waals surface area contributed by atoms with Crippen molar-refractivity contribution in [1.82, 2.24) is 0 Å². The molecule has 0 radical (unpaired) electrons. The van der Waals surface area contributed by atoms with Crippen molar-refractivity contribution in [1.29, 1.82) is 0 Å². The average molecular weight is 469 g/mol. The van der Waals surface area contributed by atoms with Crippen molar-refractivity contribution in [2.75, 3.05) is 0 Å². The first-order chi connectivity index (χ1) is 16.0. The zero-order chi connectivity index (χ0) is 23.4. The van der Waals surface area contributed by atoms with Gasteiger partial charge in [-0.1, -0.05) is 78.1 Å². The Hall–Kier alpha value is -0.210. The highest BCUT2D eigenvalue weighted by atomic mass is 19.2. The van der Waals surface area contributed by atoms with E-state index in [0.717, 1.165) is 57.8 Å². The van der Waals surface area contributed by atoms with Gasteiger partial charge in [0.25, 0.3) is 0 Å². The van der Waals surface area contributed by atoms with Crippen molar-refractivity contribution in [3.05, 3.63) is 0 Å². The van der Waals surface area contributed by atoms with Crippen LogP contribution in [0.4, 0.5) is 13.2 Å². The summed E-state index contributed by atoms with van der Waals surface area (Å²) in [6, 6.07) is 0. The fourth-order valence-electron chi connectivity index (χ4n) is 8.67. The number of hydrogen-bond acceptors (Lipinski definition) is 0. The third-order valence-corrected chi connectivity index (χ3v) is 10.9. The molecular weight excluding hydrogens is 417 g/mol. The average Bonchev–Trinajstić information content (AvgIpc) is 2.83. The second-order valence-corrected chi connectivity index (χ2v) is 12.8. The number of halogens is 3. The van der Waals surface area contributed by atoms with E-state index in [2.05, 4.69) is 13.8 Å². The van der Waals surface area contributed by atoms with Gasteiger partial charge in [-0.2, -0.15) is 0 Å². The van der Waals surface area contributed by atoms with Crippen LogP contribution in [0.25, 0.3) is 0 Å². The van der Waals surface area contributed by atoms with Gasteiger partial charge in [-0.25, -0.2) is 13.2 Å². The molecule has 0 N–H and O–H groups in total. The molecule has 192 valence electrons. The molecule has 0 aliphatic heterocycles. The Morgan fingerprint density at radius 3 is 2.03 bits per heavy atom. The molecule has 0 aromatic heterocycles. The minimum atomic E-state index is -1.25. The molecule has 3 heteroatoms. The lowest BCUT2D eigenvalue weighted by Gasteiger charge is -2.43. The Bertz CT molecular complexity index is 565. The zero-order valence-electron chi connectivity index (χ0n) is 21.5. The Morgan fingerprint density at radius 1 is 0.697 bits per heavy atom. The van der Waals surface area contributed by atoms with E-state index in [4.69, 9.17) is 0 Å². The monoisotopic (exact) mass is 468 g/mol. The summed E-state index contributed by atoms with van der Waals surface area (Å²) in [6.45, 7) is 4.37. The predicted molar refractivity (Wildman–Crippen MR) is 132 cm³/mol. The standard InChI is InChI=1S/C30H51F3/c1-3-22(26-17-18-27(30(33)29(26)32)23-7-5-4-6-8-23)13-10-21-11-14-24(15-12-21)25-16-9-20(2)19-28(25)31/h20-30H,3-19H2,1-2H3/t20-,21?,22?,24?,25?,26?,27?,28?,29?,30?/m0/s1. The first-order valence-electron chi connectivity index (χ1n) is 14.9. The summed E-state index contributed by atoms with van der Waals surface area (Å²) in [7, 11) is 0. The minimum Gasteiger partial charge on any atom is -0.247 e. The van der Waals surface area contributed by atoms with E-state index in [-0.39, 0.29) is 11.8 Å². The smallest absolute Gasteiger partial charge is 0.134 e. The minimum absolute atomic E-state index is 0.0218. The Balaban J connectivity index is 1.22. The van der Waals surface area contributed by atoms with Crippen molar-refractivity contribution in [3.8, 4) is 0 Å². The van der Waals surface area contributed by atoms with Crippen LogP contribution in [0.15, 0.2) is 0 Å². The normalized spacial score (nSPS) is 44.5. The highest BCUT2D eigenvalue weighted by Crippen LogP contribution is 2.47. The fraction of sp³-hybridized carbons (Fsp3) is 1.00. The van der Waals surface area contributed by atoms with Crippen molar-refractivity contribution >= 4 is 0 Å². The van der Waals surface area contributed by atoms with Crippen LogP contribution in [0, 0.1) is 47.3 Å². The lowest BCUT2D eigenvalue weighted by Crippen LogP contribution is -2.44. The Morgan fingerprint density at radius 2 is 1.36 bits per heavy atom. The van der Waals surface area contributed by atoms with Gasteiger partial charge < -0.3 is 0 Å². The molecular formula is C30H51F3. The highest BCUT2D eigenvalue weighted by Gasteiger charge is 2.45. The second kappa shape index (κ2) is 12.2. The SMILES string of the molecule is CCC(CCC1CCC(C2CC[C@H](C)CC2F)CC1)C1CCC(C2CCCCC2)C(F)C1F. The van der Waals surface area contributed by atoms with E-state index in [0.29, 0.717) is 35.5 Å². The molecule has 0 amide bonds. The van der Waals surface area contributed by atoms with Crippen LogP contribution in [-0.4, -0.2) is 18.5 Å². The molecule has 0 saturated heterocycles. The maximum absolute atomic E-state index is 15.4. The molecule has 4 aliphatic rings. The molecule has 4 fully saturated rings. The van der Waals surface area contributed by atoms with Gasteiger partial charge in [0.2, 0.25) is 0 Å². The first kappa shape index (κ1) is 25.9. The molecule has 0 nitrogen and oxygen atoms in total. The molecule has 4 rings (SSSR count). The van der Waals surface area contributed by atoms with Crippen molar-refractivity contribution < 1.29 is 13.2 Å². The maximum atomic E-state index is 15.4. The van der Waals surface area contributed by atoms with E-state index in [1.54, 1.807) is 0 Å². The van der Waals surface area contributed by atoms with E-state index in [9.17, 15) is 4.39 Å². The molecule has 0 aromatic carbocycles. The molecule has 8 atom stereocenters.